The van der Waals surface area contributed by atoms with Crippen LogP contribution in [-0.4, -0.2) is 82.3 Å². The van der Waals surface area contributed by atoms with Crippen LogP contribution in [0.4, 0.5) is 4.79 Å². The highest BCUT2D eigenvalue weighted by Gasteiger charge is 2.45. The van der Waals surface area contributed by atoms with E-state index in [2.05, 4.69) is 15.2 Å². The van der Waals surface area contributed by atoms with Gasteiger partial charge in [0.25, 0.3) is 5.91 Å². The maximum absolute atomic E-state index is 13.2. The Hall–Kier alpha value is -2.64. The van der Waals surface area contributed by atoms with E-state index in [9.17, 15) is 14.4 Å². The van der Waals surface area contributed by atoms with Crippen LogP contribution in [-0.2, 0) is 4.79 Å². The van der Waals surface area contributed by atoms with Crippen molar-refractivity contribution < 1.29 is 14.4 Å². The molecule has 2 bridgehead atoms. The summed E-state index contributed by atoms with van der Waals surface area (Å²) in [5.74, 6) is 1.04. The van der Waals surface area contributed by atoms with Gasteiger partial charge in [0.1, 0.15) is 0 Å². The monoisotopic (exact) mass is 425 g/mol. The SMILES string of the molecule is O=C(NC1CCN(C(=O)N2CC3CC(C2)[C@H]2CCCC(=O)N2C3)CC1)c1ccncc1. The molecule has 5 heterocycles. The zero-order valence-electron chi connectivity index (χ0n) is 17.9. The Balaban J connectivity index is 1.14. The molecule has 1 aromatic heterocycles. The lowest BCUT2D eigenvalue weighted by Crippen LogP contribution is -2.62. The zero-order chi connectivity index (χ0) is 21.4. The van der Waals surface area contributed by atoms with Gasteiger partial charge in [0.2, 0.25) is 5.91 Å². The standard InChI is InChI=1S/C23H31N5O3/c29-21-3-1-2-20-18-12-16(14-28(20)21)13-27(15-18)23(31)26-10-6-19(7-11-26)25-22(30)17-4-8-24-9-5-17/h4-5,8-9,16,18-20H,1-3,6-7,10-15H2,(H,25,30)/t16?,18?,20-/m1/s1. The fourth-order valence-corrected chi connectivity index (χ4v) is 5.95. The molecule has 4 fully saturated rings. The van der Waals surface area contributed by atoms with Crippen molar-refractivity contribution in [2.75, 3.05) is 32.7 Å². The van der Waals surface area contributed by atoms with E-state index in [1.807, 2.05) is 9.80 Å². The summed E-state index contributed by atoms with van der Waals surface area (Å²) in [6.45, 7) is 3.67. The first-order chi connectivity index (χ1) is 15.1. The quantitative estimate of drug-likeness (QED) is 0.782. The Kier molecular flexibility index (Phi) is 5.54. The average Bonchev–Trinajstić information content (AvgIpc) is 2.80. The first kappa shape index (κ1) is 20.3. The molecule has 4 aliphatic rings. The number of hydrogen-bond acceptors (Lipinski definition) is 4. The van der Waals surface area contributed by atoms with Crippen molar-refractivity contribution in [3.8, 4) is 0 Å². The minimum atomic E-state index is -0.0809. The van der Waals surface area contributed by atoms with Gasteiger partial charge in [-0.25, -0.2) is 4.79 Å². The second-order valence-corrected chi connectivity index (χ2v) is 9.53. The van der Waals surface area contributed by atoms with Gasteiger partial charge in [0, 0.05) is 69.2 Å². The van der Waals surface area contributed by atoms with Crippen molar-refractivity contribution >= 4 is 17.8 Å². The molecule has 4 saturated heterocycles. The van der Waals surface area contributed by atoms with E-state index in [4.69, 9.17) is 0 Å². The second-order valence-electron chi connectivity index (χ2n) is 9.53. The average molecular weight is 426 g/mol. The lowest BCUT2D eigenvalue weighted by atomic mass is 9.76. The molecule has 8 nitrogen and oxygen atoms in total. The van der Waals surface area contributed by atoms with Gasteiger partial charge in [0.05, 0.1) is 0 Å². The van der Waals surface area contributed by atoms with Crippen LogP contribution < -0.4 is 5.32 Å². The molecule has 2 unspecified atom stereocenters. The predicted molar refractivity (Wildman–Crippen MR) is 114 cm³/mol. The van der Waals surface area contributed by atoms with Crippen LogP contribution in [0.25, 0.3) is 0 Å². The fraction of sp³-hybridized carbons (Fsp3) is 0.652. The zero-order valence-corrected chi connectivity index (χ0v) is 17.9. The highest BCUT2D eigenvalue weighted by molar-refractivity contribution is 5.94. The fourth-order valence-electron chi connectivity index (χ4n) is 5.95. The van der Waals surface area contributed by atoms with Crippen molar-refractivity contribution in [3.05, 3.63) is 30.1 Å². The molecule has 31 heavy (non-hydrogen) atoms. The number of pyridine rings is 1. The van der Waals surface area contributed by atoms with E-state index in [1.54, 1.807) is 24.5 Å². The Morgan fingerprint density at radius 3 is 2.55 bits per heavy atom. The van der Waals surface area contributed by atoms with Crippen molar-refractivity contribution in [2.45, 2.75) is 50.6 Å². The number of fused-ring (bicyclic) bond motifs is 4. The van der Waals surface area contributed by atoms with Crippen molar-refractivity contribution in [2.24, 2.45) is 11.8 Å². The number of carbonyl (C=O) groups excluding carboxylic acids is 3. The Labute approximate surface area is 183 Å². The summed E-state index contributed by atoms with van der Waals surface area (Å²) in [5, 5.41) is 3.09. The number of likely N-dealkylation sites (tertiary alicyclic amines) is 2. The molecule has 3 atom stereocenters. The van der Waals surface area contributed by atoms with Crippen LogP contribution in [0.15, 0.2) is 24.5 Å². The van der Waals surface area contributed by atoms with Gasteiger partial charge in [-0.3, -0.25) is 14.6 Å². The van der Waals surface area contributed by atoms with Crippen molar-refractivity contribution in [1.29, 1.82) is 0 Å². The summed E-state index contributed by atoms with van der Waals surface area (Å²) in [4.78, 5) is 48.0. The molecule has 0 saturated carbocycles. The number of carbonyl (C=O) groups is 3. The summed E-state index contributed by atoms with van der Waals surface area (Å²) in [7, 11) is 0. The molecular formula is C23H31N5O3. The number of nitrogens with one attached hydrogen (secondary N) is 1. The largest absolute Gasteiger partial charge is 0.349 e. The smallest absolute Gasteiger partial charge is 0.320 e. The third-order valence-corrected chi connectivity index (χ3v) is 7.49. The molecular weight excluding hydrogens is 394 g/mol. The molecule has 0 spiro atoms. The Bertz CT molecular complexity index is 839. The first-order valence-electron chi connectivity index (χ1n) is 11.6. The number of nitrogens with zero attached hydrogens (tertiary/aromatic N) is 4. The van der Waals surface area contributed by atoms with Crippen LogP contribution >= 0.6 is 0 Å². The van der Waals surface area contributed by atoms with Crippen molar-refractivity contribution in [3.63, 3.8) is 0 Å². The molecule has 1 N–H and O–H groups in total. The molecule has 5 rings (SSSR count). The molecule has 1 aromatic rings. The summed E-state index contributed by atoms with van der Waals surface area (Å²) in [6, 6.07) is 3.96. The second kappa shape index (κ2) is 8.48. The van der Waals surface area contributed by atoms with E-state index in [-0.39, 0.29) is 18.0 Å². The molecule has 0 aliphatic carbocycles. The van der Waals surface area contributed by atoms with E-state index >= 15 is 0 Å². The molecule has 0 radical (unpaired) electrons. The van der Waals surface area contributed by atoms with Crippen LogP contribution in [0.3, 0.4) is 0 Å². The highest BCUT2D eigenvalue weighted by Crippen LogP contribution is 2.38. The van der Waals surface area contributed by atoms with Gasteiger partial charge < -0.3 is 20.0 Å². The third kappa shape index (κ3) is 4.12. The molecule has 4 amide bonds. The Morgan fingerprint density at radius 1 is 1.00 bits per heavy atom. The maximum Gasteiger partial charge on any atom is 0.320 e. The lowest BCUT2D eigenvalue weighted by molar-refractivity contribution is -0.144. The summed E-state index contributed by atoms with van der Waals surface area (Å²) in [5.41, 5.74) is 0.614. The van der Waals surface area contributed by atoms with Crippen LogP contribution in [0.5, 0.6) is 0 Å². The van der Waals surface area contributed by atoms with Gasteiger partial charge in [-0.1, -0.05) is 0 Å². The molecule has 166 valence electrons. The topological polar surface area (TPSA) is 85.8 Å². The van der Waals surface area contributed by atoms with Gasteiger partial charge in [-0.05, 0) is 56.1 Å². The highest BCUT2D eigenvalue weighted by atomic mass is 16.2. The summed E-state index contributed by atoms with van der Waals surface area (Å²) < 4.78 is 0. The Morgan fingerprint density at radius 2 is 1.77 bits per heavy atom. The number of rotatable bonds is 2. The molecule has 4 aliphatic heterocycles. The number of piperidine rings is 4. The van der Waals surface area contributed by atoms with E-state index in [0.717, 1.165) is 51.7 Å². The van der Waals surface area contributed by atoms with Gasteiger partial charge in [-0.15, -0.1) is 0 Å². The van der Waals surface area contributed by atoms with Gasteiger partial charge in [0.15, 0.2) is 0 Å². The maximum atomic E-state index is 13.2. The number of urea groups is 1. The summed E-state index contributed by atoms with van der Waals surface area (Å²) in [6.07, 6.45) is 8.66. The number of amides is 4. The summed E-state index contributed by atoms with van der Waals surface area (Å²) >= 11 is 0. The van der Waals surface area contributed by atoms with E-state index in [1.165, 1.54) is 0 Å². The number of hydrogen-bond donors (Lipinski definition) is 1. The van der Waals surface area contributed by atoms with Gasteiger partial charge >= 0.3 is 6.03 Å². The van der Waals surface area contributed by atoms with Crippen LogP contribution in [0, 0.1) is 11.8 Å². The number of aromatic nitrogens is 1. The molecule has 8 heteroatoms. The van der Waals surface area contributed by atoms with Crippen LogP contribution in [0.1, 0.15) is 48.9 Å². The lowest BCUT2D eigenvalue weighted by Gasteiger charge is -2.53. The normalized spacial score (nSPS) is 28.8. The molecule has 0 aromatic carbocycles. The van der Waals surface area contributed by atoms with Crippen LogP contribution in [0.2, 0.25) is 0 Å². The van der Waals surface area contributed by atoms with Crippen molar-refractivity contribution in [1.82, 2.24) is 25.0 Å². The van der Waals surface area contributed by atoms with E-state index in [0.29, 0.717) is 48.9 Å². The van der Waals surface area contributed by atoms with E-state index < -0.39 is 0 Å². The first-order valence-corrected chi connectivity index (χ1v) is 11.6. The predicted octanol–water partition coefficient (Wildman–Crippen LogP) is 1.73. The third-order valence-electron chi connectivity index (χ3n) is 7.49. The minimum Gasteiger partial charge on any atom is -0.349 e. The minimum absolute atomic E-state index is 0.0809. The van der Waals surface area contributed by atoms with Gasteiger partial charge in [-0.2, -0.15) is 0 Å².